The van der Waals surface area contributed by atoms with E-state index in [9.17, 15) is 35.5 Å². The fraction of sp³-hybridized carbons (Fsp3) is 0.316. The lowest BCUT2D eigenvalue weighted by Crippen LogP contribution is -2.48. The van der Waals surface area contributed by atoms with Gasteiger partial charge in [-0.1, -0.05) is 6.07 Å². The zero-order chi connectivity index (χ0) is 22.1. The van der Waals surface area contributed by atoms with Crippen molar-refractivity contribution in [1.82, 2.24) is 4.90 Å². The van der Waals surface area contributed by atoms with Crippen molar-refractivity contribution in [2.75, 3.05) is 26.3 Å². The van der Waals surface area contributed by atoms with Gasteiger partial charge in [-0.05, 0) is 24.3 Å². The molecule has 1 fully saturated rings. The Hall–Kier alpha value is -2.82. The molecule has 1 aliphatic rings. The van der Waals surface area contributed by atoms with Crippen LogP contribution in [0.15, 0.2) is 30.3 Å². The third kappa shape index (κ3) is 4.66. The number of nitrogens with zero attached hydrogens (tertiary/aromatic N) is 1. The van der Waals surface area contributed by atoms with Crippen LogP contribution in [-0.4, -0.2) is 43.2 Å². The molecule has 1 atom stereocenters. The summed E-state index contributed by atoms with van der Waals surface area (Å²) in [6.07, 6.45) is -5.34. The molecule has 2 aromatic carbocycles. The van der Waals surface area contributed by atoms with Gasteiger partial charge in [0.2, 0.25) is 0 Å². The quantitative estimate of drug-likeness (QED) is 0.409. The number of benzene rings is 2. The van der Waals surface area contributed by atoms with Gasteiger partial charge in [-0.15, -0.1) is 0 Å². The van der Waals surface area contributed by atoms with Crippen molar-refractivity contribution < 1.29 is 45.0 Å². The second-order valence-corrected chi connectivity index (χ2v) is 6.43. The van der Waals surface area contributed by atoms with Crippen LogP contribution < -0.4 is 4.74 Å². The highest BCUT2D eigenvalue weighted by molar-refractivity contribution is 5.94. The molecule has 0 spiro atoms. The van der Waals surface area contributed by atoms with Crippen molar-refractivity contribution in [2.24, 2.45) is 0 Å². The second kappa shape index (κ2) is 8.50. The molecule has 4 nitrogen and oxygen atoms in total. The van der Waals surface area contributed by atoms with Crippen LogP contribution in [0, 0.1) is 23.3 Å². The van der Waals surface area contributed by atoms with Crippen LogP contribution in [0.3, 0.4) is 0 Å². The number of amides is 1. The van der Waals surface area contributed by atoms with E-state index in [1.165, 1.54) is 6.07 Å². The first kappa shape index (κ1) is 21.9. The van der Waals surface area contributed by atoms with Gasteiger partial charge in [-0.25, -0.2) is 17.6 Å². The molecule has 0 saturated carbocycles. The predicted octanol–water partition coefficient (Wildman–Crippen LogP) is 4.18. The molecule has 1 heterocycles. The average Bonchev–Trinajstić information content (AvgIpc) is 2.72. The molecule has 0 aromatic heterocycles. The van der Waals surface area contributed by atoms with Gasteiger partial charge in [-0.2, -0.15) is 13.2 Å². The Balaban J connectivity index is 1.67. The number of hydrogen-bond acceptors (Lipinski definition) is 3. The van der Waals surface area contributed by atoms with Crippen molar-refractivity contribution in [2.45, 2.75) is 12.3 Å². The largest absolute Gasteiger partial charge is 0.491 e. The molecular formula is C19H14F7NO3. The van der Waals surface area contributed by atoms with Crippen molar-refractivity contribution in [3.05, 3.63) is 64.7 Å². The molecule has 1 unspecified atom stereocenters. The molecule has 0 radical (unpaired) electrons. The maximum absolute atomic E-state index is 13.9. The van der Waals surface area contributed by atoms with E-state index >= 15 is 0 Å². The summed E-state index contributed by atoms with van der Waals surface area (Å²) in [7, 11) is 0. The van der Waals surface area contributed by atoms with Crippen LogP contribution in [-0.2, 0) is 10.9 Å². The van der Waals surface area contributed by atoms with Crippen LogP contribution in [0.4, 0.5) is 30.7 Å². The zero-order valence-electron chi connectivity index (χ0n) is 15.1. The van der Waals surface area contributed by atoms with Crippen molar-refractivity contribution in [3.63, 3.8) is 0 Å². The standard InChI is InChI=1S/C19H14F7NO3/c20-14-7-13(15(21)17(23)16(14)22)18(28)27-4-5-29-12(8-27)9-30-11-3-1-2-10(6-11)19(24,25)26/h1-3,6-7,12H,4-5,8-9H2. The van der Waals surface area contributed by atoms with Gasteiger partial charge in [0.1, 0.15) is 18.5 Å². The monoisotopic (exact) mass is 437 g/mol. The van der Waals surface area contributed by atoms with E-state index in [0.29, 0.717) is 0 Å². The summed E-state index contributed by atoms with van der Waals surface area (Å²) in [5.41, 5.74) is -1.89. The second-order valence-electron chi connectivity index (χ2n) is 6.43. The van der Waals surface area contributed by atoms with Crippen LogP contribution in [0.25, 0.3) is 0 Å². The molecule has 1 aliphatic heterocycles. The topological polar surface area (TPSA) is 38.8 Å². The average molecular weight is 437 g/mol. The van der Waals surface area contributed by atoms with Crippen LogP contribution >= 0.6 is 0 Å². The molecule has 3 rings (SSSR count). The van der Waals surface area contributed by atoms with Crippen LogP contribution in [0.1, 0.15) is 15.9 Å². The molecule has 11 heteroatoms. The smallest absolute Gasteiger partial charge is 0.416 e. The molecule has 2 aromatic rings. The van der Waals surface area contributed by atoms with Gasteiger partial charge in [0, 0.05) is 6.54 Å². The van der Waals surface area contributed by atoms with Gasteiger partial charge < -0.3 is 14.4 Å². The lowest BCUT2D eigenvalue weighted by molar-refractivity contribution is -0.137. The Morgan fingerprint density at radius 2 is 1.83 bits per heavy atom. The lowest BCUT2D eigenvalue weighted by atomic mass is 10.1. The molecule has 1 amide bonds. The molecule has 0 bridgehead atoms. The summed E-state index contributed by atoms with van der Waals surface area (Å²) >= 11 is 0. The lowest BCUT2D eigenvalue weighted by Gasteiger charge is -2.33. The molecule has 0 N–H and O–H groups in total. The third-order valence-corrected chi connectivity index (χ3v) is 4.36. The van der Waals surface area contributed by atoms with Gasteiger partial charge in [0.25, 0.3) is 5.91 Å². The van der Waals surface area contributed by atoms with E-state index in [4.69, 9.17) is 9.47 Å². The Kier molecular flexibility index (Phi) is 6.20. The number of ether oxygens (including phenoxy) is 2. The summed E-state index contributed by atoms with van der Waals surface area (Å²) < 4.78 is 103. The summed E-state index contributed by atoms with van der Waals surface area (Å²) in [4.78, 5) is 13.4. The van der Waals surface area contributed by atoms with Crippen molar-refractivity contribution >= 4 is 5.91 Å². The Morgan fingerprint density at radius 1 is 1.10 bits per heavy atom. The minimum absolute atomic E-state index is 0.0316. The summed E-state index contributed by atoms with van der Waals surface area (Å²) in [6.45, 7) is -0.493. The molecule has 0 aliphatic carbocycles. The number of alkyl halides is 3. The van der Waals surface area contributed by atoms with Crippen molar-refractivity contribution in [3.8, 4) is 5.75 Å². The number of carbonyl (C=O) groups excluding carboxylic acids is 1. The summed E-state index contributed by atoms with van der Waals surface area (Å²) in [5.74, 6) is -8.82. The number of carbonyl (C=O) groups is 1. The molecular weight excluding hydrogens is 423 g/mol. The van der Waals surface area contributed by atoms with Gasteiger partial charge in [-0.3, -0.25) is 4.79 Å². The Labute approximate surface area is 165 Å². The van der Waals surface area contributed by atoms with Gasteiger partial charge in [0.05, 0.1) is 24.3 Å². The first-order valence-electron chi connectivity index (χ1n) is 8.62. The van der Waals surface area contributed by atoms with E-state index < -0.39 is 52.6 Å². The minimum Gasteiger partial charge on any atom is -0.491 e. The Morgan fingerprint density at radius 3 is 2.53 bits per heavy atom. The van der Waals surface area contributed by atoms with E-state index in [1.807, 2.05) is 0 Å². The maximum Gasteiger partial charge on any atom is 0.416 e. The molecule has 162 valence electrons. The van der Waals surface area contributed by atoms with Gasteiger partial charge >= 0.3 is 6.18 Å². The predicted molar refractivity (Wildman–Crippen MR) is 88.9 cm³/mol. The van der Waals surface area contributed by atoms with Crippen LogP contribution in [0.2, 0.25) is 0 Å². The van der Waals surface area contributed by atoms with Gasteiger partial charge in [0.15, 0.2) is 23.3 Å². The highest BCUT2D eigenvalue weighted by Crippen LogP contribution is 2.31. The fourth-order valence-electron chi connectivity index (χ4n) is 2.85. The fourth-order valence-corrected chi connectivity index (χ4v) is 2.85. The third-order valence-electron chi connectivity index (χ3n) is 4.36. The van der Waals surface area contributed by atoms with E-state index in [2.05, 4.69) is 0 Å². The normalized spacial score (nSPS) is 17.2. The Bertz CT molecular complexity index is 948. The SMILES string of the molecule is O=C(c1cc(F)c(F)c(F)c1F)N1CCOC(COc2cccc(C(F)(F)F)c2)C1. The summed E-state index contributed by atoms with van der Waals surface area (Å²) in [5, 5.41) is 0. The number of rotatable bonds is 4. The van der Waals surface area contributed by atoms with Crippen molar-refractivity contribution in [1.29, 1.82) is 0 Å². The van der Waals surface area contributed by atoms with Crippen LogP contribution in [0.5, 0.6) is 5.75 Å². The highest BCUT2D eigenvalue weighted by Gasteiger charge is 2.32. The number of morpholine rings is 1. The maximum atomic E-state index is 13.9. The van der Waals surface area contributed by atoms with E-state index in [0.717, 1.165) is 23.1 Å². The first-order valence-corrected chi connectivity index (χ1v) is 8.62. The minimum atomic E-state index is -4.55. The number of halogens is 7. The highest BCUT2D eigenvalue weighted by atomic mass is 19.4. The first-order chi connectivity index (χ1) is 14.1. The summed E-state index contributed by atoms with van der Waals surface area (Å²) in [6, 6.07) is 4.40. The number of hydrogen-bond donors (Lipinski definition) is 0. The molecule has 1 saturated heterocycles. The molecule has 30 heavy (non-hydrogen) atoms. The van der Waals surface area contributed by atoms with E-state index in [1.54, 1.807) is 0 Å². The van der Waals surface area contributed by atoms with E-state index in [-0.39, 0.29) is 38.1 Å². The zero-order valence-corrected chi connectivity index (χ0v) is 15.1.